The normalized spacial score (nSPS) is 12.5. The van der Waals surface area contributed by atoms with E-state index in [0.717, 1.165) is 30.8 Å². The van der Waals surface area contributed by atoms with Gasteiger partial charge >= 0.3 is 0 Å². The monoisotopic (exact) mass is 257 g/mol. The van der Waals surface area contributed by atoms with Crippen molar-refractivity contribution in [3.8, 4) is 0 Å². The largest absolute Gasteiger partial charge is 0.389 e. The predicted molar refractivity (Wildman–Crippen MR) is 71.8 cm³/mol. The number of nitrogens with zero attached hydrogens (tertiary/aromatic N) is 1. The lowest BCUT2D eigenvalue weighted by atomic mass is 10.1. The first kappa shape index (κ1) is 14.3. The molecule has 0 unspecified atom stereocenters. The van der Waals surface area contributed by atoms with Gasteiger partial charge in [0.25, 0.3) is 0 Å². The third-order valence-electron chi connectivity index (χ3n) is 2.71. The number of hydrogen-bond donors (Lipinski definition) is 1. The lowest BCUT2D eigenvalue weighted by molar-refractivity contribution is 0.196. The highest BCUT2D eigenvalue weighted by Crippen LogP contribution is 2.28. The SMILES string of the molecule is COCCCN(C)c1ccc([C@@H](C)O)cc1Cl. The van der Waals surface area contributed by atoms with Crippen molar-refractivity contribution in [2.24, 2.45) is 0 Å². The summed E-state index contributed by atoms with van der Waals surface area (Å²) in [5.74, 6) is 0. The molecule has 3 nitrogen and oxygen atoms in total. The van der Waals surface area contributed by atoms with E-state index in [-0.39, 0.29) is 0 Å². The second-order valence-corrected chi connectivity index (χ2v) is 4.56. The lowest BCUT2D eigenvalue weighted by Gasteiger charge is -2.21. The van der Waals surface area contributed by atoms with Gasteiger partial charge in [0, 0.05) is 27.3 Å². The van der Waals surface area contributed by atoms with E-state index >= 15 is 0 Å². The molecule has 1 N–H and O–H groups in total. The maximum absolute atomic E-state index is 9.46. The van der Waals surface area contributed by atoms with Crippen LogP contribution in [0.3, 0.4) is 0 Å². The summed E-state index contributed by atoms with van der Waals surface area (Å²) in [4.78, 5) is 2.09. The van der Waals surface area contributed by atoms with Crippen LogP contribution >= 0.6 is 11.6 Å². The molecular formula is C13H20ClNO2. The van der Waals surface area contributed by atoms with Crippen molar-refractivity contribution in [1.29, 1.82) is 0 Å². The standard InChI is InChI=1S/C13H20ClNO2/c1-10(16)11-5-6-13(12(14)9-11)15(2)7-4-8-17-3/h5-6,9-10,16H,4,7-8H2,1-3H3/t10-/m1/s1. The maximum atomic E-state index is 9.46. The molecule has 0 fully saturated rings. The summed E-state index contributed by atoms with van der Waals surface area (Å²) in [6.07, 6.45) is 0.474. The Labute approximate surface area is 108 Å². The number of halogens is 1. The molecule has 0 heterocycles. The van der Waals surface area contributed by atoms with Crippen molar-refractivity contribution in [3.05, 3.63) is 28.8 Å². The highest BCUT2D eigenvalue weighted by atomic mass is 35.5. The number of methoxy groups -OCH3 is 1. The highest BCUT2D eigenvalue weighted by molar-refractivity contribution is 6.33. The molecule has 0 spiro atoms. The fourth-order valence-corrected chi connectivity index (χ4v) is 1.99. The number of aliphatic hydroxyl groups excluding tert-OH is 1. The van der Waals surface area contributed by atoms with Crippen molar-refractivity contribution in [1.82, 2.24) is 0 Å². The van der Waals surface area contributed by atoms with Crippen LogP contribution in [0.4, 0.5) is 5.69 Å². The van der Waals surface area contributed by atoms with E-state index in [4.69, 9.17) is 16.3 Å². The quantitative estimate of drug-likeness (QED) is 0.796. The van der Waals surface area contributed by atoms with Crippen LogP contribution in [-0.2, 0) is 4.74 Å². The molecule has 0 saturated heterocycles. The van der Waals surface area contributed by atoms with Crippen LogP contribution in [0.5, 0.6) is 0 Å². The molecule has 0 amide bonds. The second-order valence-electron chi connectivity index (χ2n) is 4.15. The van der Waals surface area contributed by atoms with E-state index in [2.05, 4.69) is 4.90 Å². The Hall–Kier alpha value is -0.770. The average Bonchev–Trinajstić information content (AvgIpc) is 2.28. The van der Waals surface area contributed by atoms with Gasteiger partial charge in [0.2, 0.25) is 0 Å². The summed E-state index contributed by atoms with van der Waals surface area (Å²) in [6.45, 7) is 3.36. The minimum absolute atomic E-state index is 0.486. The molecule has 4 heteroatoms. The third kappa shape index (κ3) is 4.19. The number of rotatable bonds is 6. The molecule has 0 aromatic heterocycles. The molecule has 1 atom stereocenters. The molecule has 0 aliphatic rings. The predicted octanol–water partition coefficient (Wildman–Crippen LogP) is 2.87. The van der Waals surface area contributed by atoms with Crippen LogP contribution in [0.2, 0.25) is 5.02 Å². The summed E-state index contributed by atoms with van der Waals surface area (Å²) in [7, 11) is 3.70. The second kappa shape index (κ2) is 6.84. The van der Waals surface area contributed by atoms with Crippen molar-refractivity contribution in [2.45, 2.75) is 19.4 Å². The number of anilines is 1. The first-order valence-electron chi connectivity index (χ1n) is 5.74. The summed E-state index contributed by atoms with van der Waals surface area (Å²) in [6, 6.07) is 5.66. The van der Waals surface area contributed by atoms with Crippen LogP contribution in [0, 0.1) is 0 Å². The van der Waals surface area contributed by atoms with E-state index < -0.39 is 6.10 Å². The number of ether oxygens (including phenoxy) is 1. The fourth-order valence-electron chi connectivity index (χ4n) is 1.66. The van der Waals surface area contributed by atoms with Crippen LogP contribution in [0.25, 0.3) is 0 Å². The number of benzene rings is 1. The molecular weight excluding hydrogens is 238 g/mol. The van der Waals surface area contributed by atoms with Crippen LogP contribution in [0.1, 0.15) is 25.0 Å². The molecule has 0 saturated carbocycles. The Balaban J connectivity index is 2.70. The zero-order valence-electron chi connectivity index (χ0n) is 10.6. The zero-order chi connectivity index (χ0) is 12.8. The Kier molecular flexibility index (Phi) is 5.75. The van der Waals surface area contributed by atoms with Gasteiger partial charge in [0.05, 0.1) is 16.8 Å². The molecule has 1 rings (SSSR count). The Bertz CT molecular complexity index is 355. The maximum Gasteiger partial charge on any atom is 0.0762 e. The molecule has 0 bridgehead atoms. The zero-order valence-corrected chi connectivity index (χ0v) is 11.4. The average molecular weight is 258 g/mol. The Morgan fingerprint density at radius 3 is 2.71 bits per heavy atom. The third-order valence-corrected chi connectivity index (χ3v) is 3.01. The van der Waals surface area contributed by atoms with Crippen molar-refractivity contribution < 1.29 is 9.84 Å². The summed E-state index contributed by atoms with van der Waals surface area (Å²) in [5, 5.41) is 10.1. The minimum atomic E-state index is -0.486. The first-order chi connectivity index (χ1) is 8.06. The van der Waals surface area contributed by atoms with Gasteiger partial charge in [-0.25, -0.2) is 0 Å². The molecule has 1 aromatic carbocycles. The van der Waals surface area contributed by atoms with E-state index in [0.29, 0.717) is 5.02 Å². The number of aliphatic hydroxyl groups is 1. The summed E-state index contributed by atoms with van der Waals surface area (Å²) < 4.78 is 5.02. The van der Waals surface area contributed by atoms with Crippen LogP contribution in [-0.4, -0.2) is 32.4 Å². The molecule has 0 aliphatic carbocycles. The Morgan fingerprint density at radius 2 is 2.18 bits per heavy atom. The number of hydrogen-bond acceptors (Lipinski definition) is 3. The van der Waals surface area contributed by atoms with Crippen LogP contribution in [0.15, 0.2) is 18.2 Å². The lowest BCUT2D eigenvalue weighted by Crippen LogP contribution is -2.20. The van der Waals surface area contributed by atoms with Crippen molar-refractivity contribution in [2.75, 3.05) is 32.2 Å². The molecule has 1 aromatic rings. The van der Waals surface area contributed by atoms with Gasteiger partial charge in [0.1, 0.15) is 0 Å². The van der Waals surface area contributed by atoms with E-state index in [9.17, 15) is 5.11 Å². The smallest absolute Gasteiger partial charge is 0.0762 e. The van der Waals surface area contributed by atoms with Gasteiger partial charge in [0.15, 0.2) is 0 Å². The van der Waals surface area contributed by atoms with Gasteiger partial charge in [-0.05, 0) is 31.0 Å². The highest BCUT2D eigenvalue weighted by Gasteiger charge is 2.08. The molecule has 96 valence electrons. The van der Waals surface area contributed by atoms with Gasteiger partial charge < -0.3 is 14.7 Å². The fraction of sp³-hybridized carbons (Fsp3) is 0.538. The topological polar surface area (TPSA) is 32.7 Å². The van der Waals surface area contributed by atoms with E-state index in [1.807, 2.05) is 25.2 Å². The van der Waals surface area contributed by atoms with Gasteiger partial charge in [-0.15, -0.1) is 0 Å². The van der Waals surface area contributed by atoms with Gasteiger partial charge in [-0.1, -0.05) is 17.7 Å². The van der Waals surface area contributed by atoms with Gasteiger partial charge in [-0.2, -0.15) is 0 Å². The van der Waals surface area contributed by atoms with Crippen molar-refractivity contribution in [3.63, 3.8) is 0 Å². The Morgan fingerprint density at radius 1 is 1.47 bits per heavy atom. The van der Waals surface area contributed by atoms with Crippen molar-refractivity contribution >= 4 is 17.3 Å². The molecule has 0 radical (unpaired) electrons. The minimum Gasteiger partial charge on any atom is -0.389 e. The first-order valence-corrected chi connectivity index (χ1v) is 6.11. The van der Waals surface area contributed by atoms with Gasteiger partial charge in [-0.3, -0.25) is 0 Å². The van der Waals surface area contributed by atoms with Crippen LogP contribution < -0.4 is 4.90 Å². The molecule has 0 aliphatic heterocycles. The molecule has 17 heavy (non-hydrogen) atoms. The van der Waals surface area contributed by atoms with E-state index in [1.54, 1.807) is 14.0 Å². The summed E-state index contributed by atoms with van der Waals surface area (Å²) >= 11 is 6.20. The van der Waals surface area contributed by atoms with E-state index in [1.165, 1.54) is 0 Å². The summed E-state index contributed by atoms with van der Waals surface area (Å²) in [5.41, 5.74) is 1.82.